The van der Waals surface area contributed by atoms with Crippen LogP contribution in [0.2, 0.25) is 0 Å². The first-order chi connectivity index (χ1) is 15.2. The highest BCUT2D eigenvalue weighted by Crippen LogP contribution is 2.32. The third-order valence-corrected chi connectivity index (χ3v) is 5.04. The average Bonchev–Trinajstić information content (AvgIpc) is 2.77. The Hall–Kier alpha value is -4.68. The normalized spacial score (nSPS) is 11.6. The van der Waals surface area contributed by atoms with E-state index < -0.39 is 0 Å². The summed E-state index contributed by atoms with van der Waals surface area (Å²) in [5.74, 6) is -0.0900. The van der Waals surface area contributed by atoms with Crippen LogP contribution in [0, 0.1) is 36.5 Å². The van der Waals surface area contributed by atoms with Crippen molar-refractivity contribution in [3.05, 3.63) is 81.9 Å². The molecular weight excluding hydrogens is 404 g/mol. The van der Waals surface area contributed by atoms with Crippen LogP contribution in [0.25, 0.3) is 23.3 Å². The molecule has 3 rings (SSSR count). The summed E-state index contributed by atoms with van der Waals surface area (Å²) in [4.78, 5) is 0. The molecule has 0 spiro atoms. The number of rotatable bonds is 4. The van der Waals surface area contributed by atoms with Crippen molar-refractivity contribution in [2.75, 3.05) is 0 Å². The minimum atomic E-state index is -0.0551. The van der Waals surface area contributed by atoms with Crippen LogP contribution in [-0.2, 0) is 0 Å². The Morgan fingerprint density at radius 2 is 0.969 bits per heavy atom. The molecule has 32 heavy (non-hydrogen) atoms. The standard InChI is InChI=1S/C26H20N2O4/c1-15-7-25(31)19(11-23(15)29)9-21(13-27)17-3-5-18(6-4-17)22(14-28)10-20-12-24(30)16(2)8-26(20)32/h3-12,29-32H,1-2H3/b21-9+,22-10+. The number of hydrogen-bond donors (Lipinski definition) is 4. The first-order valence-corrected chi connectivity index (χ1v) is 9.63. The molecule has 0 fully saturated rings. The predicted molar refractivity (Wildman–Crippen MR) is 122 cm³/mol. The van der Waals surface area contributed by atoms with E-state index in [1.54, 1.807) is 38.1 Å². The van der Waals surface area contributed by atoms with Gasteiger partial charge in [-0.3, -0.25) is 0 Å². The van der Waals surface area contributed by atoms with E-state index in [2.05, 4.69) is 12.1 Å². The minimum absolute atomic E-state index is 0.0101. The van der Waals surface area contributed by atoms with Gasteiger partial charge in [-0.2, -0.15) is 10.5 Å². The second kappa shape index (κ2) is 8.99. The quantitative estimate of drug-likeness (QED) is 0.257. The van der Waals surface area contributed by atoms with Crippen LogP contribution < -0.4 is 0 Å². The Balaban J connectivity index is 1.97. The molecular formula is C26H20N2O4. The van der Waals surface area contributed by atoms with Crippen molar-refractivity contribution in [3.8, 4) is 35.1 Å². The predicted octanol–water partition coefficient (Wildman–Crippen LogP) is 5.25. The smallest absolute Gasteiger partial charge is 0.123 e. The monoisotopic (exact) mass is 424 g/mol. The third-order valence-electron chi connectivity index (χ3n) is 5.04. The van der Waals surface area contributed by atoms with Crippen LogP contribution in [0.3, 0.4) is 0 Å². The second-order valence-electron chi connectivity index (χ2n) is 7.31. The maximum Gasteiger partial charge on any atom is 0.123 e. The summed E-state index contributed by atoms with van der Waals surface area (Å²) in [6.07, 6.45) is 2.94. The lowest BCUT2D eigenvalue weighted by Crippen LogP contribution is -1.87. The van der Waals surface area contributed by atoms with Gasteiger partial charge in [-0.05, 0) is 72.5 Å². The molecule has 158 valence electrons. The molecule has 4 N–H and O–H groups in total. The van der Waals surface area contributed by atoms with Crippen LogP contribution >= 0.6 is 0 Å². The maximum atomic E-state index is 10.1. The lowest BCUT2D eigenvalue weighted by molar-refractivity contribution is 0.456. The van der Waals surface area contributed by atoms with Gasteiger partial charge in [0, 0.05) is 11.1 Å². The molecule has 0 saturated heterocycles. The molecule has 0 saturated carbocycles. The van der Waals surface area contributed by atoms with Crippen molar-refractivity contribution in [2.45, 2.75) is 13.8 Å². The molecule has 0 bridgehead atoms. The molecule has 0 amide bonds. The van der Waals surface area contributed by atoms with E-state index in [9.17, 15) is 30.9 Å². The number of benzene rings is 3. The zero-order valence-corrected chi connectivity index (χ0v) is 17.5. The zero-order valence-electron chi connectivity index (χ0n) is 17.5. The topological polar surface area (TPSA) is 128 Å². The highest BCUT2D eigenvalue weighted by Gasteiger charge is 2.10. The zero-order chi connectivity index (χ0) is 23.4. The summed E-state index contributed by atoms with van der Waals surface area (Å²) in [5, 5.41) is 59.1. The van der Waals surface area contributed by atoms with Crippen molar-refractivity contribution in [3.63, 3.8) is 0 Å². The Kier molecular flexibility index (Phi) is 6.19. The van der Waals surface area contributed by atoms with Gasteiger partial charge in [0.05, 0.1) is 23.3 Å². The highest BCUT2D eigenvalue weighted by atomic mass is 16.3. The number of phenols is 4. The van der Waals surface area contributed by atoms with Gasteiger partial charge in [0.15, 0.2) is 0 Å². The first-order valence-electron chi connectivity index (χ1n) is 9.63. The number of allylic oxidation sites excluding steroid dienone is 2. The number of aryl methyl sites for hydroxylation is 2. The van der Waals surface area contributed by atoms with Gasteiger partial charge in [-0.15, -0.1) is 0 Å². The summed E-state index contributed by atoms with van der Waals surface area (Å²) in [6.45, 7) is 3.31. The molecule has 0 aliphatic heterocycles. The van der Waals surface area contributed by atoms with Crippen molar-refractivity contribution in [1.82, 2.24) is 0 Å². The van der Waals surface area contributed by atoms with Gasteiger partial charge in [-0.25, -0.2) is 0 Å². The first kappa shape index (κ1) is 22.0. The lowest BCUT2D eigenvalue weighted by Gasteiger charge is -2.07. The van der Waals surface area contributed by atoms with Gasteiger partial charge in [0.25, 0.3) is 0 Å². The molecule has 0 atom stereocenters. The molecule has 0 heterocycles. The van der Waals surface area contributed by atoms with Crippen molar-refractivity contribution < 1.29 is 20.4 Å². The summed E-state index contributed by atoms with van der Waals surface area (Å²) in [5.41, 5.74) is 3.30. The fourth-order valence-electron chi connectivity index (χ4n) is 3.13. The number of nitrogens with zero attached hydrogens (tertiary/aromatic N) is 2. The fourth-order valence-corrected chi connectivity index (χ4v) is 3.13. The molecule has 6 heteroatoms. The van der Waals surface area contributed by atoms with Crippen LogP contribution in [0.15, 0.2) is 48.5 Å². The van der Waals surface area contributed by atoms with E-state index in [-0.39, 0.29) is 34.1 Å². The fraction of sp³-hybridized carbons (Fsp3) is 0.0769. The van der Waals surface area contributed by atoms with E-state index >= 15 is 0 Å². The maximum absolute atomic E-state index is 10.1. The molecule has 6 nitrogen and oxygen atoms in total. The van der Waals surface area contributed by atoms with Gasteiger partial charge in [-0.1, -0.05) is 24.3 Å². The van der Waals surface area contributed by atoms with Gasteiger partial charge in [0.2, 0.25) is 0 Å². The van der Waals surface area contributed by atoms with Crippen LogP contribution in [0.5, 0.6) is 23.0 Å². The Morgan fingerprint density at radius 1 is 0.625 bits per heavy atom. The Labute approximate surface area is 185 Å². The largest absolute Gasteiger partial charge is 0.508 e. The van der Waals surface area contributed by atoms with Crippen LogP contribution in [-0.4, -0.2) is 20.4 Å². The van der Waals surface area contributed by atoms with Crippen LogP contribution in [0.1, 0.15) is 33.4 Å². The SMILES string of the molecule is Cc1cc(O)c(/C=C(\C#N)c2ccc(/C(C#N)=C/c3cc(O)c(C)cc3O)cc2)cc1O. The number of phenolic OH excluding ortho intramolecular Hbond substituents is 4. The molecule has 3 aromatic rings. The number of hydrogen-bond acceptors (Lipinski definition) is 6. The molecule has 0 aliphatic carbocycles. The summed E-state index contributed by atoms with van der Waals surface area (Å²) in [7, 11) is 0. The second-order valence-corrected chi connectivity index (χ2v) is 7.31. The molecule has 3 aromatic carbocycles. The number of aromatic hydroxyl groups is 4. The summed E-state index contributed by atoms with van der Waals surface area (Å²) < 4.78 is 0. The van der Waals surface area contributed by atoms with Crippen LogP contribution in [0.4, 0.5) is 0 Å². The van der Waals surface area contributed by atoms with Crippen molar-refractivity contribution >= 4 is 23.3 Å². The summed E-state index contributed by atoms with van der Waals surface area (Å²) >= 11 is 0. The molecule has 0 unspecified atom stereocenters. The van der Waals surface area contributed by atoms with Crippen molar-refractivity contribution in [2.24, 2.45) is 0 Å². The van der Waals surface area contributed by atoms with E-state index in [4.69, 9.17) is 0 Å². The van der Waals surface area contributed by atoms with Gasteiger partial charge in [0.1, 0.15) is 23.0 Å². The summed E-state index contributed by atoms with van der Waals surface area (Å²) in [6, 6.07) is 16.4. The number of nitriles is 2. The van der Waals surface area contributed by atoms with E-state index in [1.807, 2.05) is 0 Å². The molecule has 0 radical (unpaired) electrons. The molecule has 0 aliphatic rings. The highest BCUT2D eigenvalue weighted by molar-refractivity contribution is 5.93. The van der Waals surface area contributed by atoms with Crippen molar-refractivity contribution in [1.29, 1.82) is 10.5 Å². The van der Waals surface area contributed by atoms with E-state index in [0.717, 1.165) is 0 Å². The Bertz CT molecular complexity index is 1230. The van der Waals surface area contributed by atoms with Gasteiger partial charge < -0.3 is 20.4 Å². The average molecular weight is 424 g/mol. The lowest BCUT2D eigenvalue weighted by atomic mass is 9.98. The van der Waals surface area contributed by atoms with E-state index in [0.29, 0.717) is 33.4 Å². The van der Waals surface area contributed by atoms with E-state index in [1.165, 1.54) is 36.4 Å². The van der Waals surface area contributed by atoms with Gasteiger partial charge >= 0.3 is 0 Å². The third kappa shape index (κ3) is 4.56. The minimum Gasteiger partial charge on any atom is -0.508 e. The molecule has 0 aromatic heterocycles. The Morgan fingerprint density at radius 3 is 1.28 bits per heavy atom.